The lowest BCUT2D eigenvalue weighted by Crippen LogP contribution is -2.31. The van der Waals surface area contributed by atoms with Gasteiger partial charge in [0.15, 0.2) is 0 Å². The molecule has 0 saturated carbocycles. The van der Waals surface area contributed by atoms with Crippen LogP contribution in [0.5, 0.6) is 0 Å². The van der Waals surface area contributed by atoms with Crippen molar-refractivity contribution in [2.45, 2.75) is 6.92 Å². The number of carbonyl (C=O) groups is 1. The summed E-state index contributed by atoms with van der Waals surface area (Å²) < 4.78 is 0. The van der Waals surface area contributed by atoms with Gasteiger partial charge in [-0.15, -0.1) is 0 Å². The maximum Gasteiger partial charge on any atom is 0.324 e. The molecule has 15 heavy (non-hydrogen) atoms. The van der Waals surface area contributed by atoms with Crippen molar-refractivity contribution < 1.29 is 4.79 Å². The molecule has 1 saturated heterocycles. The number of rotatable bonds is 2. The minimum atomic E-state index is 0.0854. The van der Waals surface area contributed by atoms with Crippen molar-refractivity contribution in [3.8, 4) is 0 Å². The zero-order chi connectivity index (χ0) is 10.8. The highest BCUT2D eigenvalue weighted by molar-refractivity contribution is 5.94. The summed E-state index contributed by atoms with van der Waals surface area (Å²) in [5.74, 6) is 0. The van der Waals surface area contributed by atoms with Crippen LogP contribution in [0.3, 0.4) is 0 Å². The normalized spacial score (nSPS) is 16.2. The summed E-state index contributed by atoms with van der Waals surface area (Å²) in [5.41, 5.74) is 7.24. The molecular weight excluding hydrogens is 190 g/mol. The zero-order valence-electron chi connectivity index (χ0n) is 8.81. The van der Waals surface area contributed by atoms with Gasteiger partial charge in [-0.05, 0) is 31.2 Å². The second-order valence-electron chi connectivity index (χ2n) is 3.61. The number of likely N-dealkylation sites (N-methyl/N-ethyl adjacent to an activating group) is 1. The minimum Gasteiger partial charge on any atom is -0.399 e. The van der Waals surface area contributed by atoms with E-state index < -0.39 is 0 Å². The van der Waals surface area contributed by atoms with E-state index in [1.807, 2.05) is 36.1 Å². The molecule has 2 N–H and O–H groups in total. The number of nitrogens with zero attached hydrogens (tertiary/aromatic N) is 2. The number of hydrogen-bond donors (Lipinski definition) is 1. The van der Waals surface area contributed by atoms with Crippen LogP contribution in [-0.2, 0) is 0 Å². The molecule has 0 aromatic heterocycles. The van der Waals surface area contributed by atoms with E-state index >= 15 is 0 Å². The monoisotopic (exact) mass is 205 g/mol. The lowest BCUT2D eigenvalue weighted by molar-refractivity contribution is 0.223. The third kappa shape index (κ3) is 1.75. The van der Waals surface area contributed by atoms with E-state index in [2.05, 4.69) is 0 Å². The van der Waals surface area contributed by atoms with Gasteiger partial charge < -0.3 is 10.6 Å². The maximum absolute atomic E-state index is 11.8. The lowest BCUT2D eigenvalue weighted by atomic mass is 10.2. The van der Waals surface area contributed by atoms with Gasteiger partial charge >= 0.3 is 6.03 Å². The summed E-state index contributed by atoms with van der Waals surface area (Å²) in [6, 6.07) is 7.48. The van der Waals surface area contributed by atoms with Crippen molar-refractivity contribution in [3.63, 3.8) is 0 Å². The van der Waals surface area contributed by atoms with E-state index in [0.29, 0.717) is 0 Å². The van der Waals surface area contributed by atoms with E-state index in [1.54, 1.807) is 4.90 Å². The van der Waals surface area contributed by atoms with Crippen molar-refractivity contribution in [3.05, 3.63) is 24.3 Å². The summed E-state index contributed by atoms with van der Waals surface area (Å²) in [5, 5.41) is 0. The average molecular weight is 205 g/mol. The Hall–Kier alpha value is -1.71. The summed E-state index contributed by atoms with van der Waals surface area (Å²) >= 11 is 0. The van der Waals surface area contributed by atoms with Crippen molar-refractivity contribution in [1.29, 1.82) is 0 Å². The Balaban J connectivity index is 2.19. The third-order valence-electron chi connectivity index (χ3n) is 2.68. The Morgan fingerprint density at radius 2 is 1.93 bits per heavy atom. The summed E-state index contributed by atoms with van der Waals surface area (Å²) in [7, 11) is 0. The van der Waals surface area contributed by atoms with Crippen LogP contribution >= 0.6 is 0 Å². The molecule has 1 aromatic carbocycles. The largest absolute Gasteiger partial charge is 0.399 e. The molecule has 0 atom stereocenters. The average Bonchev–Trinajstić information content (AvgIpc) is 2.61. The number of nitrogens with two attached hydrogens (primary N) is 1. The number of nitrogen functional groups attached to an aromatic ring is 1. The molecule has 0 unspecified atom stereocenters. The fraction of sp³-hybridized carbons (Fsp3) is 0.364. The highest BCUT2D eigenvalue weighted by Crippen LogP contribution is 2.20. The summed E-state index contributed by atoms with van der Waals surface area (Å²) in [6.45, 7) is 4.32. The van der Waals surface area contributed by atoms with Crippen LogP contribution in [0, 0.1) is 0 Å². The molecule has 0 radical (unpaired) electrons. The van der Waals surface area contributed by atoms with E-state index in [0.717, 1.165) is 31.0 Å². The molecule has 4 heteroatoms. The van der Waals surface area contributed by atoms with Crippen LogP contribution in [0.1, 0.15) is 6.92 Å². The quantitative estimate of drug-likeness (QED) is 0.744. The molecule has 1 aromatic rings. The number of benzene rings is 1. The SMILES string of the molecule is CCN1CCN(c2ccc(N)cc2)C1=O. The van der Waals surface area contributed by atoms with Crippen molar-refractivity contribution >= 4 is 17.4 Å². The smallest absolute Gasteiger partial charge is 0.324 e. The van der Waals surface area contributed by atoms with Gasteiger partial charge in [-0.3, -0.25) is 4.90 Å². The Morgan fingerprint density at radius 1 is 1.27 bits per heavy atom. The van der Waals surface area contributed by atoms with Gasteiger partial charge in [0, 0.05) is 31.0 Å². The number of amides is 2. The molecule has 1 aliphatic heterocycles. The molecule has 1 heterocycles. The first-order valence-corrected chi connectivity index (χ1v) is 5.14. The van der Waals surface area contributed by atoms with Crippen molar-refractivity contribution in [2.24, 2.45) is 0 Å². The van der Waals surface area contributed by atoms with Gasteiger partial charge in [0.2, 0.25) is 0 Å². The predicted octanol–water partition coefficient (Wildman–Crippen LogP) is 1.53. The molecule has 80 valence electrons. The fourth-order valence-electron chi connectivity index (χ4n) is 1.77. The van der Waals surface area contributed by atoms with Crippen LogP contribution in [0.4, 0.5) is 16.2 Å². The Kier molecular flexibility index (Phi) is 2.49. The molecule has 0 bridgehead atoms. The predicted molar refractivity (Wildman–Crippen MR) is 60.8 cm³/mol. The first-order chi connectivity index (χ1) is 7.22. The molecule has 2 rings (SSSR count). The first kappa shape index (κ1) is 9.83. The zero-order valence-corrected chi connectivity index (χ0v) is 8.81. The Morgan fingerprint density at radius 3 is 2.47 bits per heavy atom. The Bertz CT molecular complexity index is 361. The van der Waals surface area contributed by atoms with Crippen LogP contribution in [0.15, 0.2) is 24.3 Å². The van der Waals surface area contributed by atoms with E-state index in [4.69, 9.17) is 5.73 Å². The second-order valence-corrected chi connectivity index (χ2v) is 3.61. The van der Waals surface area contributed by atoms with Crippen molar-refractivity contribution in [2.75, 3.05) is 30.3 Å². The van der Waals surface area contributed by atoms with Gasteiger partial charge in [0.25, 0.3) is 0 Å². The minimum absolute atomic E-state index is 0.0854. The summed E-state index contributed by atoms with van der Waals surface area (Å²) in [6.07, 6.45) is 0. The highest BCUT2D eigenvalue weighted by atomic mass is 16.2. The summed E-state index contributed by atoms with van der Waals surface area (Å²) in [4.78, 5) is 15.5. The molecular formula is C11H15N3O. The second kappa shape index (κ2) is 3.81. The highest BCUT2D eigenvalue weighted by Gasteiger charge is 2.27. The van der Waals surface area contributed by atoms with Crippen LogP contribution in [-0.4, -0.2) is 30.6 Å². The molecule has 2 amide bonds. The van der Waals surface area contributed by atoms with E-state index in [9.17, 15) is 4.79 Å². The van der Waals surface area contributed by atoms with E-state index in [-0.39, 0.29) is 6.03 Å². The van der Waals surface area contributed by atoms with Gasteiger partial charge in [0.1, 0.15) is 0 Å². The fourth-order valence-corrected chi connectivity index (χ4v) is 1.77. The van der Waals surface area contributed by atoms with Crippen LogP contribution in [0.2, 0.25) is 0 Å². The standard InChI is InChI=1S/C11H15N3O/c1-2-13-7-8-14(11(13)15)10-5-3-9(12)4-6-10/h3-6H,2,7-8,12H2,1H3. The van der Waals surface area contributed by atoms with Gasteiger partial charge in [-0.25, -0.2) is 4.79 Å². The number of anilines is 2. The lowest BCUT2D eigenvalue weighted by Gasteiger charge is -2.17. The number of urea groups is 1. The molecule has 1 fully saturated rings. The molecule has 0 spiro atoms. The van der Waals surface area contributed by atoms with Gasteiger partial charge in [-0.1, -0.05) is 0 Å². The Labute approximate surface area is 89.3 Å². The molecule has 4 nitrogen and oxygen atoms in total. The first-order valence-electron chi connectivity index (χ1n) is 5.14. The third-order valence-corrected chi connectivity index (χ3v) is 2.68. The number of hydrogen-bond acceptors (Lipinski definition) is 2. The van der Waals surface area contributed by atoms with Crippen LogP contribution in [0.25, 0.3) is 0 Å². The molecule has 1 aliphatic rings. The van der Waals surface area contributed by atoms with Gasteiger partial charge in [-0.2, -0.15) is 0 Å². The number of carbonyl (C=O) groups excluding carboxylic acids is 1. The van der Waals surface area contributed by atoms with Crippen molar-refractivity contribution in [1.82, 2.24) is 4.90 Å². The van der Waals surface area contributed by atoms with E-state index in [1.165, 1.54) is 0 Å². The van der Waals surface area contributed by atoms with Crippen LogP contribution < -0.4 is 10.6 Å². The molecule has 0 aliphatic carbocycles. The maximum atomic E-state index is 11.8. The van der Waals surface area contributed by atoms with Gasteiger partial charge in [0.05, 0.1) is 0 Å². The topological polar surface area (TPSA) is 49.6 Å².